The number of aromatic nitrogens is 3. The van der Waals surface area contributed by atoms with Crippen LogP contribution in [0.3, 0.4) is 0 Å². The lowest BCUT2D eigenvalue weighted by atomic mass is 10.2. The molecule has 0 saturated heterocycles. The molecule has 2 aromatic carbocycles. The summed E-state index contributed by atoms with van der Waals surface area (Å²) in [4.78, 5) is 4.68. The van der Waals surface area contributed by atoms with Crippen molar-refractivity contribution in [2.75, 3.05) is 0 Å². The van der Waals surface area contributed by atoms with E-state index >= 15 is 0 Å². The molecule has 0 bridgehead atoms. The van der Waals surface area contributed by atoms with E-state index in [9.17, 15) is 0 Å². The van der Waals surface area contributed by atoms with Crippen LogP contribution in [0, 0.1) is 0 Å². The van der Waals surface area contributed by atoms with Gasteiger partial charge in [-0.25, -0.2) is 4.98 Å². The zero-order chi connectivity index (χ0) is 11.4. The third-order valence-electron chi connectivity index (χ3n) is 3.33. The molecule has 4 heteroatoms. The molecule has 0 spiro atoms. The quantitative estimate of drug-likeness (QED) is 0.413. The normalized spacial score (nSPS) is 11.8. The van der Waals surface area contributed by atoms with Gasteiger partial charge in [0.05, 0.1) is 22.1 Å². The lowest BCUT2D eigenvalue weighted by Gasteiger charge is -1.94. The molecule has 0 aliphatic heterocycles. The Hall–Kier alpha value is -2.23. The smallest absolute Gasteiger partial charge is 0.227 e. The highest BCUT2D eigenvalue weighted by Gasteiger charge is 2.11. The van der Waals surface area contributed by atoms with Crippen molar-refractivity contribution in [1.82, 2.24) is 13.9 Å². The monoisotopic (exact) mass is 219 g/mol. The molecule has 0 N–H and O–H groups in total. The van der Waals surface area contributed by atoms with Crippen LogP contribution >= 0.6 is 0 Å². The molecule has 2 heterocycles. The fourth-order valence-electron chi connectivity index (χ4n) is 2.52. The Morgan fingerprint density at radius 3 is 2.29 bits per heavy atom. The zero-order valence-corrected chi connectivity index (χ0v) is 9.46. The third kappa shape index (κ3) is 0.997. The Balaban J connectivity index is 2.41. The number of rotatable bonds is 0. The Bertz CT molecular complexity index is 857. The van der Waals surface area contributed by atoms with E-state index in [1.807, 2.05) is 6.07 Å². The van der Waals surface area contributed by atoms with Crippen molar-refractivity contribution < 1.29 is 0 Å². The molecular weight excluding hydrogens is 209 g/mol. The molecule has 17 heavy (non-hydrogen) atoms. The molecular formula is C13H10BN3. The summed E-state index contributed by atoms with van der Waals surface area (Å²) in [6.45, 7) is 0. The van der Waals surface area contributed by atoms with Crippen LogP contribution in [0.5, 0.6) is 0 Å². The van der Waals surface area contributed by atoms with E-state index in [0.717, 1.165) is 11.3 Å². The lowest BCUT2D eigenvalue weighted by molar-refractivity contribution is 1.23. The molecule has 2 aromatic heterocycles. The molecule has 4 rings (SSSR count). The van der Waals surface area contributed by atoms with Gasteiger partial charge in [0.25, 0.3) is 0 Å². The van der Waals surface area contributed by atoms with Gasteiger partial charge in [-0.15, -0.1) is 0 Å². The van der Waals surface area contributed by atoms with Gasteiger partial charge in [-0.2, -0.15) is 0 Å². The van der Waals surface area contributed by atoms with Crippen molar-refractivity contribution in [2.24, 2.45) is 0 Å². The Labute approximate surface area is 98.7 Å². The largest absolute Gasteiger partial charge is 0.363 e. The highest BCUT2D eigenvalue weighted by atomic mass is 15.2. The summed E-state index contributed by atoms with van der Waals surface area (Å²) in [5.74, 6) is 0.993. The summed E-state index contributed by atoms with van der Waals surface area (Å²) in [5, 5.41) is 0. The van der Waals surface area contributed by atoms with Crippen LogP contribution in [-0.2, 0) is 0 Å². The van der Waals surface area contributed by atoms with Crippen molar-refractivity contribution >= 4 is 35.8 Å². The summed E-state index contributed by atoms with van der Waals surface area (Å²) in [7, 11) is 2.06. The van der Waals surface area contributed by atoms with Crippen molar-refractivity contribution in [3.05, 3.63) is 48.5 Å². The zero-order valence-electron chi connectivity index (χ0n) is 9.46. The van der Waals surface area contributed by atoms with Gasteiger partial charge < -0.3 is 4.48 Å². The second kappa shape index (κ2) is 2.91. The maximum Gasteiger partial charge on any atom is 0.227 e. The van der Waals surface area contributed by atoms with Gasteiger partial charge in [0.1, 0.15) is 0 Å². The summed E-state index contributed by atoms with van der Waals surface area (Å²) in [6.07, 6.45) is 0. The van der Waals surface area contributed by atoms with Gasteiger partial charge in [0.15, 0.2) is 0 Å². The molecule has 0 unspecified atom stereocenters. The standard InChI is InChI=1S/C13H10BN3/c14-17-12-8-4-3-7-11(12)16-10-6-2-1-5-9(10)15-13(16)17/h1-8H,14H2. The van der Waals surface area contributed by atoms with Gasteiger partial charge in [-0.05, 0) is 24.3 Å². The van der Waals surface area contributed by atoms with Crippen molar-refractivity contribution in [3.8, 4) is 0 Å². The first-order valence-electron chi connectivity index (χ1n) is 5.67. The molecule has 0 radical (unpaired) electrons. The molecule has 4 aromatic rings. The first-order chi connectivity index (χ1) is 8.36. The number of hydrogen-bond donors (Lipinski definition) is 0. The molecule has 0 atom stereocenters. The van der Waals surface area contributed by atoms with E-state index in [2.05, 4.69) is 64.3 Å². The number of benzene rings is 2. The molecule has 0 aliphatic carbocycles. The molecule has 80 valence electrons. The number of para-hydroxylation sites is 4. The molecule has 0 saturated carbocycles. The van der Waals surface area contributed by atoms with Gasteiger partial charge in [-0.3, -0.25) is 4.40 Å². The highest BCUT2D eigenvalue weighted by Crippen LogP contribution is 2.24. The second-order valence-electron chi connectivity index (χ2n) is 4.28. The predicted octanol–water partition coefficient (Wildman–Crippen LogP) is 1.84. The van der Waals surface area contributed by atoms with E-state index in [0.29, 0.717) is 0 Å². The average Bonchev–Trinajstić information content (AvgIpc) is 2.88. The number of fused-ring (bicyclic) bond motifs is 5. The van der Waals surface area contributed by atoms with Crippen LogP contribution in [0.1, 0.15) is 0 Å². The number of hydrogen-bond acceptors (Lipinski definition) is 1. The average molecular weight is 219 g/mol. The first-order valence-corrected chi connectivity index (χ1v) is 5.67. The first kappa shape index (κ1) is 8.87. The third-order valence-corrected chi connectivity index (χ3v) is 3.33. The van der Waals surface area contributed by atoms with Gasteiger partial charge in [0, 0.05) is 0 Å². The van der Waals surface area contributed by atoms with Gasteiger partial charge in [0.2, 0.25) is 13.8 Å². The Morgan fingerprint density at radius 1 is 0.824 bits per heavy atom. The lowest BCUT2D eigenvalue weighted by Crippen LogP contribution is -1.91. The summed E-state index contributed by atoms with van der Waals surface area (Å²) in [6, 6.07) is 16.6. The van der Waals surface area contributed by atoms with E-state index in [-0.39, 0.29) is 0 Å². The number of imidazole rings is 2. The van der Waals surface area contributed by atoms with Gasteiger partial charge in [-0.1, -0.05) is 24.3 Å². The molecule has 0 fully saturated rings. The maximum atomic E-state index is 4.68. The minimum Gasteiger partial charge on any atom is -0.363 e. The SMILES string of the molecule is Bn1c2ccccc2n2c3ccccc3nc12. The maximum absolute atomic E-state index is 4.68. The minimum absolute atomic E-state index is 0.993. The van der Waals surface area contributed by atoms with E-state index in [1.54, 1.807) is 0 Å². The predicted molar refractivity (Wildman–Crippen MR) is 72.1 cm³/mol. The van der Waals surface area contributed by atoms with Crippen molar-refractivity contribution in [1.29, 1.82) is 0 Å². The Morgan fingerprint density at radius 2 is 1.47 bits per heavy atom. The van der Waals surface area contributed by atoms with Crippen LogP contribution in [0.2, 0.25) is 0 Å². The van der Waals surface area contributed by atoms with Gasteiger partial charge >= 0.3 is 0 Å². The minimum atomic E-state index is 0.993. The van der Waals surface area contributed by atoms with Crippen LogP contribution in [0.4, 0.5) is 0 Å². The second-order valence-corrected chi connectivity index (χ2v) is 4.28. The summed E-state index contributed by atoms with van der Waals surface area (Å²) < 4.78 is 4.35. The van der Waals surface area contributed by atoms with E-state index in [1.165, 1.54) is 16.6 Å². The van der Waals surface area contributed by atoms with Crippen LogP contribution in [-0.4, -0.2) is 21.8 Å². The van der Waals surface area contributed by atoms with Crippen LogP contribution in [0.15, 0.2) is 48.5 Å². The Kier molecular flexibility index (Phi) is 1.52. The van der Waals surface area contributed by atoms with E-state index < -0.39 is 0 Å². The van der Waals surface area contributed by atoms with E-state index in [4.69, 9.17) is 0 Å². The summed E-state index contributed by atoms with van der Waals surface area (Å²) in [5.41, 5.74) is 4.63. The van der Waals surface area contributed by atoms with Crippen LogP contribution < -0.4 is 0 Å². The highest BCUT2D eigenvalue weighted by molar-refractivity contribution is 6.14. The fraction of sp³-hybridized carbons (Fsp3) is 0. The van der Waals surface area contributed by atoms with Crippen LogP contribution in [0.25, 0.3) is 27.8 Å². The fourth-order valence-corrected chi connectivity index (χ4v) is 2.52. The van der Waals surface area contributed by atoms with Crippen molar-refractivity contribution in [2.45, 2.75) is 0 Å². The molecule has 0 aliphatic rings. The topological polar surface area (TPSA) is 22.2 Å². The number of nitrogens with zero attached hydrogens (tertiary/aromatic N) is 3. The van der Waals surface area contributed by atoms with Crippen molar-refractivity contribution in [3.63, 3.8) is 0 Å². The molecule has 3 nitrogen and oxygen atoms in total. The summed E-state index contributed by atoms with van der Waals surface area (Å²) >= 11 is 0. The molecule has 0 amide bonds.